The lowest BCUT2D eigenvalue weighted by molar-refractivity contribution is 0.565. The average Bonchev–Trinajstić information content (AvgIpc) is 2.04. The molecule has 4 heteroatoms. The molecule has 0 aliphatic rings. The Morgan fingerprint density at radius 2 is 1.42 bits per heavy atom. The van der Waals surface area contributed by atoms with Crippen LogP contribution in [0.5, 0.6) is 0 Å². The van der Waals surface area contributed by atoms with Crippen molar-refractivity contribution in [2.45, 2.75) is 37.2 Å². The Balaban J connectivity index is 3.73. The summed E-state index contributed by atoms with van der Waals surface area (Å²) in [5, 5.41) is 0.390. The summed E-state index contributed by atoms with van der Waals surface area (Å²) in [5.74, 6) is 1.17. The molecule has 74 valence electrons. The van der Waals surface area contributed by atoms with Crippen LogP contribution in [0.2, 0.25) is 0 Å². The molecule has 0 aliphatic carbocycles. The number of halogens is 2. The molecular formula is C8H16Cl2OS. The van der Waals surface area contributed by atoms with E-state index in [1.54, 1.807) is 0 Å². The Morgan fingerprint density at radius 3 is 1.67 bits per heavy atom. The third kappa shape index (κ3) is 4.80. The highest BCUT2D eigenvalue weighted by molar-refractivity contribution is 7.92. The summed E-state index contributed by atoms with van der Waals surface area (Å²) in [7, 11) is 0. The zero-order chi connectivity index (χ0) is 9.56. The van der Waals surface area contributed by atoms with E-state index in [1.807, 2.05) is 13.8 Å². The molecule has 0 fully saturated rings. The topological polar surface area (TPSA) is 23.1 Å². The van der Waals surface area contributed by atoms with Crippen molar-refractivity contribution in [3.63, 3.8) is 0 Å². The third-order valence-corrected chi connectivity index (χ3v) is 4.32. The van der Waals surface area contributed by atoms with Crippen LogP contribution in [-0.2, 0) is 11.2 Å². The number of hydrogen-bond acceptors (Lipinski definition) is 1. The summed E-state index contributed by atoms with van der Waals surface area (Å²) < 4.78 is 11.6. The van der Waals surface area contributed by atoms with Crippen molar-refractivity contribution in [1.29, 1.82) is 0 Å². The molecule has 2 unspecified atom stereocenters. The van der Waals surface area contributed by atoms with Gasteiger partial charge in [0.2, 0.25) is 0 Å². The normalized spacial score (nSPS) is 18.8. The highest BCUT2D eigenvalue weighted by atomic mass is 35.5. The van der Waals surface area contributed by atoms with Crippen LogP contribution in [0.4, 0.5) is 0 Å². The van der Waals surface area contributed by atoms with Crippen molar-refractivity contribution < 1.29 is 4.55 Å². The molecule has 0 aliphatic heterocycles. The largest absolute Gasteiger partial charge is 0.616 e. The van der Waals surface area contributed by atoms with Gasteiger partial charge >= 0.3 is 0 Å². The Bertz CT molecular complexity index is 101. The van der Waals surface area contributed by atoms with Crippen LogP contribution in [0, 0.1) is 0 Å². The Hall–Kier alpha value is 0.890. The molecular weight excluding hydrogens is 215 g/mol. The van der Waals surface area contributed by atoms with Crippen LogP contribution >= 0.6 is 23.2 Å². The number of hydrogen-bond donors (Lipinski definition) is 0. The average molecular weight is 231 g/mol. The predicted molar refractivity (Wildman–Crippen MR) is 57.7 cm³/mol. The quantitative estimate of drug-likeness (QED) is 0.509. The van der Waals surface area contributed by atoms with E-state index in [9.17, 15) is 4.55 Å². The number of rotatable bonds is 6. The summed E-state index contributed by atoms with van der Waals surface area (Å²) in [6.07, 6.45) is 1.64. The minimum atomic E-state index is -0.778. The molecule has 0 N–H and O–H groups in total. The summed E-state index contributed by atoms with van der Waals surface area (Å²) >= 11 is 10.3. The molecule has 0 spiro atoms. The van der Waals surface area contributed by atoms with Gasteiger partial charge in [0.15, 0.2) is 0 Å². The number of alkyl halides is 2. The van der Waals surface area contributed by atoms with Crippen molar-refractivity contribution >= 4 is 34.4 Å². The molecule has 0 rings (SSSR count). The zero-order valence-electron chi connectivity index (χ0n) is 7.56. The second kappa shape index (κ2) is 7.31. The lowest BCUT2D eigenvalue weighted by Gasteiger charge is -2.22. The SMILES string of the molecule is CC(CCCl)[S+]([O-])C(C)CCCl. The molecule has 0 bridgehead atoms. The molecule has 0 heterocycles. The molecule has 0 aromatic carbocycles. The van der Waals surface area contributed by atoms with Gasteiger partial charge in [0.25, 0.3) is 0 Å². The Labute approximate surface area is 88.0 Å². The third-order valence-electron chi connectivity index (χ3n) is 1.82. The summed E-state index contributed by atoms with van der Waals surface area (Å²) in [5.41, 5.74) is 0. The maximum absolute atomic E-state index is 11.6. The van der Waals surface area contributed by atoms with E-state index in [1.165, 1.54) is 0 Å². The van der Waals surface area contributed by atoms with Gasteiger partial charge < -0.3 is 4.55 Å². The molecule has 1 nitrogen and oxygen atoms in total. The van der Waals surface area contributed by atoms with Crippen molar-refractivity contribution in [3.05, 3.63) is 0 Å². The first kappa shape index (κ1) is 12.9. The van der Waals surface area contributed by atoms with Crippen LogP contribution in [-0.4, -0.2) is 26.8 Å². The smallest absolute Gasteiger partial charge is 0.114 e. The van der Waals surface area contributed by atoms with Gasteiger partial charge in [0.1, 0.15) is 10.5 Å². The molecule has 0 saturated heterocycles. The summed E-state index contributed by atoms with van der Waals surface area (Å²) in [4.78, 5) is 0. The van der Waals surface area contributed by atoms with E-state index >= 15 is 0 Å². The van der Waals surface area contributed by atoms with Gasteiger partial charge in [-0.05, 0) is 25.0 Å². The standard InChI is InChI=1S/C8H16Cl2OS/c1-7(3-5-9)12(11)8(2)4-6-10/h7-8H,3-6H2,1-2H3. The van der Waals surface area contributed by atoms with Gasteiger partial charge in [0, 0.05) is 24.6 Å². The highest BCUT2D eigenvalue weighted by Gasteiger charge is 2.22. The van der Waals surface area contributed by atoms with E-state index in [-0.39, 0.29) is 10.5 Å². The van der Waals surface area contributed by atoms with Crippen molar-refractivity contribution in [2.75, 3.05) is 11.8 Å². The molecule has 0 aromatic rings. The van der Waals surface area contributed by atoms with E-state index < -0.39 is 11.2 Å². The van der Waals surface area contributed by atoms with Gasteiger partial charge in [-0.25, -0.2) is 0 Å². The fourth-order valence-corrected chi connectivity index (χ4v) is 3.34. The summed E-state index contributed by atoms with van der Waals surface area (Å²) in [6, 6.07) is 0. The van der Waals surface area contributed by atoms with Crippen molar-refractivity contribution in [1.82, 2.24) is 0 Å². The second-order valence-corrected chi connectivity index (χ2v) is 5.93. The minimum absolute atomic E-state index is 0.195. The van der Waals surface area contributed by atoms with E-state index in [0.717, 1.165) is 12.8 Å². The molecule has 12 heavy (non-hydrogen) atoms. The molecule has 0 aromatic heterocycles. The van der Waals surface area contributed by atoms with Crippen LogP contribution < -0.4 is 0 Å². The van der Waals surface area contributed by atoms with Crippen LogP contribution in [0.15, 0.2) is 0 Å². The maximum atomic E-state index is 11.6. The van der Waals surface area contributed by atoms with Crippen molar-refractivity contribution in [3.8, 4) is 0 Å². The molecule has 0 radical (unpaired) electrons. The molecule has 2 atom stereocenters. The van der Waals surface area contributed by atoms with Crippen LogP contribution in [0.3, 0.4) is 0 Å². The van der Waals surface area contributed by atoms with Crippen LogP contribution in [0.25, 0.3) is 0 Å². The molecule has 0 saturated carbocycles. The lowest BCUT2D eigenvalue weighted by Crippen LogP contribution is -2.28. The van der Waals surface area contributed by atoms with E-state index in [0.29, 0.717) is 11.8 Å². The van der Waals surface area contributed by atoms with Crippen LogP contribution in [0.1, 0.15) is 26.7 Å². The first-order valence-electron chi connectivity index (χ1n) is 4.14. The van der Waals surface area contributed by atoms with Gasteiger partial charge in [-0.2, -0.15) is 0 Å². The lowest BCUT2D eigenvalue weighted by atomic mass is 10.4. The predicted octanol–water partition coefficient (Wildman–Crippen LogP) is 2.77. The second-order valence-electron chi connectivity index (χ2n) is 2.91. The Morgan fingerprint density at radius 1 is 1.08 bits per heavy atom. The fraction of sp³-hybridized carbons (Fsp3) is 1.00. The van der Waals surface area contributed by atoms with E-state index in [4.69, 9.17) is 23.2 Å². The van der Waals surface area contributed by atoms with Gasteiger partial charge in [-0.3, -0.25) is 0 Å². The van der Waals surface area contributed by atoms with Gasteiger partial charge in [-0.15, -0.1) is 23.2 Å². The zero-order valence-corrected chi connectivity index (χ0v) is 9.88. The Kier molecular flexibility index (Phi) is 7.85. The first-order valence-corrected chi connectivity index (χ1v) is 6.49. The fourth-order valence-electron chi connectivity index (χ4n) is 0.936. The first-order chi connectivity index (χ1) is 5.63. The molecule has 0 amide bonds. The van der Waals surface area contributed by atoms with Gasteiger partial charge in [-0.1, -0.05) is 0 Å². The maximum Gasteiger partial charge on any atom is 0.114 e. The monoisotopic (exact) mass is 230 g/mol. The van der Waals surface area contributed by atoms with Gasteiger partial charge in [0.05, 0.1) is 0 Å². The van der Waals surface area contributed by atoms with Crippen molar-refractivity contribution in [2.24, 2.45) is 0 Å². The minimum Gasteiger partial charge on any atom is -0.616 e. The van der Waals surface area contributed by atoms with E-state index in [2.05, 4.69) is 0 Å². The highest BCUT2D eigenvalue weighted by Crippen LogP contribution is 2.16. The summed E-state index contributed by atoms with van der Waals surface area (Å²) in [6.45, 7) is 3.95.